The summed E-state index contributed by atoms with van der Waals surface area (Å²) in [6, 6.07) is 10.1. The molecule has 1 aromatic rings. The summed E-state index contributed by atoms with van der Waals surface area (Å²) < 4.78 is 0. The van der Waals surface area contributed by atoms with Crippen LogP contribution in [0.4, 0.5) is 0 Å². The molecule has 3 heteroatoms. The molecular weight excluding hydrogens is 296 g/mol. The lowest BCUT2D eigenvalue weighted by atomic mass is 9.88. The van der Waals surface area contributed by atoms with Crippen molar-refractivity contribution >= 4 is 5.84 Å². The summed E-state index contributed by atoms with van der Waals surface area (Å²) in [5.74, 6) is 1.38. The molecule has 1 aliphatic carbocycles. The van der Waals surface area contributed by atoms with Crippen molar-refractivity contribution in [3.8, 4) is 0 Å². The van der Waals surface area contributed by atoms with Gasteiger partial charge in [-0.15, -0.1) is 0 Å². The standard InChI is InChI=1S/C21H32N2O/c1-2-16-23-17-10-4-7-15-20(23)22-21(24,19-13-8-9-14-19)18-11-5-3-6-12-18/h3,5-6,11-12,19,24H,2,4,7-10,13-17H2,1H3. The van der Waals surface area contributed by atoms with Crippen LogP contribution < -0.4 is 0 Å². The summed E-state index contributed by atoms with van der Waals surface area (Å²) in [7, 11) is 0. The molecular formula is C21H32N2O. The topological polar surface area (TPSA) is 35.8 Å². The molecule has 24 heavy (non-hydrogen) atoms. The first-order valence-corrected chi connectivity index (χ1v) is 9.85. The average Bonchev–Trinajstić information content (AvgIpc) is 3.08. The number of aliphatic imine (C=N–C) groups is 1. The van der Waals surface area contributed by atoms with Gasteiger partial charge in [0.15, 0.2) is 5.72 Å². The fraction of sp³-hybridized carbons (Fsp3) is 0.667. The Hall–Kier alpha value is -1.35. The van der Waals surface area contributed by atoms with Gasteiger partial charge < -0.3 is 10.0 Å². The monoisotopic (exact) mass is 328 g/mol. The number of likely N-dealkylation sites (tertiary alicyclic amines) is 1. The average molecular weight is 329 g/mol. The van der Waals surface area contributed by atoms with Crippen molar-refractivity contribution in [2.45, 2.75) is 70.4 Å². The van der Waals surface area contributed by atoms with E-state index >= 15 is 0 Å². The van der Waals surface area contributed by atoms with E-state index in [2.05, 4.69) is 11.8 Å². The first kappa shape index (κ1) is 17.5. The molecule has 0 spiro atoms. The van der Waals surface area contributed by atoms with Crippen molar-refractivity contribution in [2.75, 3.05) is 13.1 Å². The highest BCUT2D eigenvalue weighted by Gasteiger charge is 2.40. The molecule has 2 aliphatic rings. The highest BCUT2D eigenvalue weighted by molar-refractivity contribution is 5.83. The minimum atomic E-state index is -1.05. The zero-order chi connectivity index (χ0) is 16.8. The van der Waals surface area contributed by atoms with E-state index in [4.69, 9.17) is 4.99 Å². The maximum Gasteiger partial charge on any atom is 0.187 e. The lowest BCUT2D eigenvalue weighted by Crippen LogP contribution is -2.38. The number of nitrogens with zero attached hydrogens (tertiary/aromatic N) is 2. The van der Waals surface area contributed by atoms with Crippen molar-refractivity contribution < 1.29 is 5.11 Å². The van der Waals surface area contributed by atoms with Gasteiger partial charge in [0, 0.05) is 31.0 Å². The molecule has 1 N–H and O–H groups in total. The van der Waals surface area contributed by atoms with Crippen LogP contribution in [0, 0.1) is 5.92 Å². The number of benzene rings is 1. The Bertz CT molecular complexity index is 536. The van der Waals surface area contributed by atoms with Crippen LogP contribution in [-0.2, 0) is 5.72 Å². The van der Waals surface area contributed by atoms with Gasteiger partial charge >= 0.3 is 0 Å². The molecule has 2 fully saturated rings. The van der Waals surface area contributed by atoms with E-state index in [0.29, 0.717) is 0 Å². The molecule has 132 valence electrons. The first-order valence-electron chi connectivity index (χ1n) is 9.85. The van der Waals surface area contributed by atoms with Crippen molar-refractivity contribution in [2.24, 2.45) is 10.9 Å². The van der Waals surface area contributed by atoms with Crippen LogP contribution in [0.15, 0.2) is 35.3 Å². The largest absolute Gasteiger partial charge is 0.365 e. The Labute approximate surface area is 146 Å². The third kappa shape index (κ3) is 3.83. The molecule has 1 atom stereocenters. The molecule has 3 rings (SSSR count). The van der Waals surface area contributed by atoms with E-state index in [-0.39, 0.29) is 5.92 Å². The van der Waals surface area contributed by atoms with Gasteiger partial charge in [-0.3, -0.25) is 0 Å². The zero-order valence-electron chi connectivity index (χ0n) is 15.1. The van der Waals surface area contributed by atoms with Gasteiger partial charge in [-0.25, -0.2) is 4.99 Å². The van der Waals surface area contributed by atoms with Gasteiger partial charge in [0.2, 0.25) is 0 Å². The van der Waals surface area contributed by atoms with E-state index in [1.807, 2.05) is 30.3 Å². The second-order valence-corrected chi connectivity index (χ2v) is 7.40. The molecule has 0 radical (unpaired) electrons. The summed E-state index contributed by atoms with van der Waals surface area (Å²) >= 11 is 0. The zero-order valence-corrected chi connectivity index (χ0v) is 15.1. The molecule has 1 saturated carbocycles. The molecule has 1 unspecified atom stereocenters. The van der Waals surface area contributed by atoms with Crippen LogP contribution in [0.25, 0.3) is 0 Å². The van der Waals surface area contributed by atoms with Gasteiger partial charge in [0.25, 0.3) is 0 Å². The highest BCUT2D eigenvalue weighted by Crippen LogP contribution is 2.42. The van der Waals surface area contributed by atoms with Crippen molar-refractivity contribution in [3.63, 3.8) is 0 Å². The minimum Gasteiger partial charge on any atom is -0.365 e. The van der Waals surface area contributed by atoms with E-state index in [1.165, 1.54) is 32.1 Å². The van der Waals surface area contributed by atoms with Crippen molar-refractivity contribution in [3.05, 3.63) is 35.9 Å². The van der Waals surface area contributed by atoms with Crippen LogP contribution in [0.5, 0.6) is 0 Å². The molecule has 0 bridgehead atoms. The molecule has 1 heterocycles. The number of rotatable bonds is 5. The van der Waals surface area contributed by atoms with Crippen molar-refractivity contribution in [1.29, 1.82) is 0 Å². The molecule has 0 aromatic heterocycles. The molecule has 3 nitrogen and oxygen atoms in total. The smallest absolute Gasteiger partial charge is 0.187 e. The van der Waals surface area contributed by atoms with Crippen LogP contribution in [0.1, 0.15) is 70.3 Å². The predicted molar refractivity (Wildman–Crippen MR) is 100 cm³/mol. The predicted octanol–water partition coefficient (Wildman–Crippen LogP) is 4.71. The molecule has 1 aromatic carbocycles. The van der Waals surface area contributed by atoms with Crippen LogP contribution in [0.2, 0.25) is 0 Å². The summed E-state index contributed by atoms with van der Waals surface area (Å²) in [6.45, 7) is 4.36. The molecule has 1 aliphatic heterocycles. The third-order valence-electron chi connectivity index (χ3n) is 5.61. The fourth-order valence-electron chi connectivity index (χ4n) is 4.29. The lowest BCUT2D eigenvalue weighted by molar-refractivity contribution is -0.0145. The summed E-state index contributed by atoms with van der Waals surface area (Å²) in [6.07, 6.45) is 10.4. The van der Waals surface area contributed by atoms with Crippen LogP contribution in [-0.4, -0.2) is 28.9 Å². The van der Waals surface area contributed by atoms with Crippen LogP contribution in [0.3, 0.4) is 0 Å². The second-order valence-electron chi connectivity index (χ2n) is 7.40. The summed E-state index contributed by atoms with van der Waals surface area (Å²) in [5, 5.41) is 11.7. The number of hydrogen-bond donors (Lipinski definition) is 1. The van der Waals surface area contributed by atoms with Crippen molar-refractivity contribution in [1.82, 2.24) is 4.90 Å². The van der Waals surface area contributed by atoms with Gasteiger partial charge in [0.1, 0.15) is 5.84 Å². The Morgan fingerprint density at radius 2 is 1.83 bits per heavy atom. The minimum absolute atomic E-state index is 0.249. The third-order valence-corrected chi connectivity index (χ3v) is 5.61. The lowest BCUT2D eigenvalue weighted by Gasteiger charge is -2.34. The molecule has 1 saturated heterocycles. The fourth-order valence-corrected chi connectivity index (χ4v) is 4.29. The highest BCUT2D eigenvalue weighted by atomic mass is 16.3. The number of aliphatic hydroxyl groups is 1. The SMILES string of the molecule is CCCN1CCCCCC1=NC(O)(c1ccccc1)C1CCCC1. The Kier molecular flexibility index (Phi) is 5.94. The Morgan fingerprint density at radius 1 is 1.08 bits per heavy atom. The quantitative estimate of drug-likeness (QED) is 0.850. The maximum atomic E-state index is 11.7. The number of hydrogen-bond acceptors (Lipinski definition) is 2. The summed E-state index contributed by atoms with van der Waals surface area (Å²) in [4.78, 5) is 7.50. The first-order chi connectivity index (χ1) is 11.7. The maximum absolute atomic E-state index is 11.7. The van der Waals surface area contributed by atoms with Gasteiger partial charge in [0.05, 0.1) is 0 Å². The Balaban J connectivity index is 1.97. The van der Waals surface area contributed by atoms with Gasteiger partial charge in [-0.2, -0.15) is 0 Å². The summed E-state index contributed by atoms with van der Waals surface area (Å²) in [5.41, 5.74) is -0.0891. The second kappa shape index (κ2) is 8.15. The van der Waals surface area contributed by atoms with E-state index < -0.39 is 5.72 Å². The molecule has 0 amide bonds. The van der Waals surface area contributed by atoms with Crippen LogP contribution >= 0.6 is 0 Å². The van der Waals surface area contributed by atoms with E-state index in [0.717, 1.165) is 50.2 Å². The van der Waals surface area contributed by atoms with Gasteiger partial charge in [-0.05, 0) is 32.1 Å². The van der Waals surface area contributed by atoms with E-state index in [1.54, 1.807) is 0 Å². The van der Waals surface area contributed by atoms with E-state index in [9.17, 15) is 5.11 Å². The Morgan fingerprint density at radius 3 is 2.54 bits per heavy atom. The normalized spacial score (nSPS) is 24.1. The number of amidine groups is 1. The van der Waals surface area contributed by atoms with Gasteiger partial charge in [-0.1, -0.05) is 56.5 Å².